The molecule has 3 aliphatic rings. The van der Waals surface area contributed by atoms with E-state index in [2.05, 4.69) is 251 Å². The summed E-state index contributed by atoms with van der Waals surface area (Å²) in [5.74, 6) is 0.102. The largest absolute Gasteiger partial charge is 0.333 e. The normalized spacial score (nSPS) is 16.5. The zero-order valence-electron chi connectivity index (χ0n) is 35.0. The van der Waals surface area contributed by atoms with Crippen LogP contribution < -0.4 is 15.5 Å². The van der Waals surface area contributed by atoms with Crippen molar-refractivity contribution in [1.82, 2.24) is 9.13 Å². The fourth-order valence-electron chi connectivity index (χ4n) is 12.0. The third kappa shape index (κ3) is 4.76. The molecule has 1 aliphatic heterocycles. The van der Waals surface area contributed by atoms with Crippen LogP contribution in [0, 0.1) is 0 Å². The van der Waals surface area contributed by atoms with Gasteiger partial charge in [-0.3, -0.25) is 0 Å². The molecule has 0 saturated heterocycles. The van der Waals surface area contributed by atoms with Crippen molar-refractivity contribution in [3.8, 4) is 22.5 Å². The molecule has 2 atom stereocenters. The molecule has 14 rings (SSSR count). The molecule has 0 bridgehead atoms. The lowest BCUT2D eigenvalue weighted by molar-refractivity contribution is 0.770. The summed E-state index contributed by atoms with van der Waals surface area (Å²) in [5, 5.41) is 6.33. The van der Waals surface area contributed by atoms with Gasteiger partial charge in [0.05, 0.1) is 33.4 Å². The van der Waals surface area contributed by atoms with Gasteiger partial charge in [-0.1, -0.05) is 164 Å². The second-order valence-corrected chi connectivity index (χ2v) is 17.6. The maximum atomic E-state index is 2.61. The molecule has 2 unspecified atom stereocenters. The Bertz CT molecular complexity index is 3700. The van der Waals surface area contributed by atoms with Gasteiger partial charge in [-0.15, -0.1) is 0 Å². The zero-order valence-corrected chi connectivity index (χ0v) is 35.0. The molecule has 0 saturated carbocycles. The van der Waals surface area contributed by atoms with Crippen molar-refractivity contribution in [3.05, 3.63) is 263 Å². The maximum Gasteiger partial charge on any atom is 0.0713 e. The Morgan fingerprint density at radius 3 is 1.61 bits per heavy atom. The molecule has 0 amide bonds. The first-order chi connectivity index (χ1) is 31.8. The third-order valence-electron chi connectivity index (χ3n) is 14.5. The number of anilines is 2. The molecule has 300 valence electrons. The standard InChI is InChI=1S/C61H41N3/c1-4-18-40(19-5-1)61(53-28-14-10-24-45(53)46-25-11-15-29-54(46)61)41-32-34-57-49(36-41)51-38-52-50-37-44(64-55-30-16-12-26-47(55)48-27-13-17-31-56(48)64)33-35-58(50)63(43-22-8-3-9-23-43)60(52)39-59(51)62(57)42-20-6-2-7-21-42/h1-39,52,60H. The molecule has 0 radical (unpaired) electrons. The topological polar surface area (TPSA) is 13.1 Å². The van der Waals surface area contributed by atoms with Crippen molar-refractivity contribution in [2.45, 2.75) is 17.4 Å². The highest BCUT2D eigenvalue weighted by Gasteiger charge is 2.46. The molecule has 11 aromatic rings. The van der Waals surface area contributed by atoms with Crippen LogP contribution in [-0.2, 0) is 5.41 Å². The lowest BCUT2D eigenvalue weighted by Crippen LogP contribution is -2.40. The minimum atomic E-state index is -0.493. The van der Waals surface area contributed by atoms with Gasteiger partial charge in [0.1, 0.15) is 0 Å². The Kier molecular flexibility index (Phi) is 7.44. The number of fused-ring (bicyclic) bond motifs is 12. The summed E-state index contributed by atoms with van der Waals surface area (Å²) >= 11 is 0. The molecule has 0 fully saturated rings. The Labute approximate surface area is 371 Å². The fraction of sp³-hybridized carbons (Fsp3) is 0.0492. The zero-order chi connectivity index (χ0) is 41.9. The average molecular weight is 816 g/mol. The van der Waals surface area contributed by atoms with Crippen molar-refractivity contribution in [2.24, 2.45) is 0 Å². The van der Waals surface area contributed by atoms with E-state index in [1.807, 2.05) is 0 Å². The van der Waals surface area contributed by atoms with Gasteiger partial charge < -0.3 is 14.0 Å². The summed E-state index contributed by atoms with van der Waals surface area (Å²) in [7, 11) is 0. The van der Waals surface area contributed by atoms with Crippen LogP contribution in [0.25, 0.3) is 67.4 Å². The second-order valence-electron chi connectivity index (χ2n) is 17.6. The molecular formula is C61H41N3. The van der Waals surface area contributed by atoms with Crippen molar-refractivity contribution in [3.63, 3.8) is 0 Å². The first kappa shape index (κ1) is 35.5. The molecule has 2 aliphatic carbocycles. The predicted molar refractivity (Wildman–Crippen MR) is 265 cm³/mol. The van der Waals surface area contributed by atoms with Gasteiger partial charge in [-0.05, 0) is 112 Å². The molecular weight excluding hydrogens is 775 g/mol. The highest BCUT2D eigenvalue weighted by atomic mass is 15.2. The molecule has 0 N–H and O–H groups in total. The van der Waals surface area contributed by atoms with Crippen LogP contribution in [0.5, 0.6) is 0 Å². The predicted octanol–water partition coefficient (Wildman–Crippen LogP) is 13.0. The maximum absolute atomic E-state index is 2.61. The molecule has 0 spiro atoms. The number of hydrogen-bond donors (Lipinski definition) is 0. The van der Waals surface area contributed by atoms with Gasteiger partial charge in [0, 0.05) is 50.0 Å². The van der Waals surface area contributed by atoms with Gasteiger partial charge in [-0.25, -0.2) is 0 Å². The molecule has 2 aromatic heterocycles. The molecule has 3 heterocycles. The van der Waals surface area contributed by atoms with Gasteiger partial charge in [0.25, 0.3) is 0 Å². The summed E-state index contributed by atoms with van der Waals surface area (Å²) in [6.45, 7) is 0. The van der Waals surface area contributed by atoms with E-state index in [4.69, 9.17) is 0 Å². The van der Waals surface area contributed by atoms with Crippen LogP contribution >= 0.6 is 0 Å². The van der Waals surface area contributed by atoms with Crippen molar-refractivity contribution >= 4 is 56.2 Å². The molecule has 64 heavy (non-hydrogen) atoms. The van der Waals surface area contributed by atoms with E-state index in [1.165, 1.54) is 99.3 Å². The van der Waals surface area contributed by atoms with Gasteiger partial charge in [-0.2, -0.15) is 0 Å². The minimum Gasteiger partial charge on any atom is -0.333 e. The quantitative estimate of drug-likeness (QED) is 0.169. The number of para-hydroxylation sites is 4. The van der Waals surface area contributed by atoms with Gasteiger partial charge in [0.15, 0.2) is 0 Å². The van der Waals surface area contributed by atoms with E-state index in [-0.39, 0.29) is 12.0 Å². The smallest absolute Gasteiger partial charge is 0.0713 e. The Balaban J connectivity index is 1.06. The van der Waals surface area contributed by atoms with E-state index >= 15 is 0 Å². The van der Waals surface area contributed by atoms with Crippen molar-refractivity contribution < 1.29 is 0 Å². The molecule has 3 nitrogen and oxygen atoms in total. The highest BCUT2D eigenvalue weighted by molar-refractivity contribution is 6.09. The summed E-state index contributed by atoms with van der Waals surface area (Å²) in [4.78, 5) is 2.57. The van der Waals surface area contributed by atoms with Crippen LogP contribution in [-0.4, -0.2) is 15.2 Å². The summed E-state index contributed by atoms with van der Waals surface area (Å²) in [6.07, 6.45) is 5.17. The van der Waals surface area contributed by atoms with E-state index in [1.54, 1.807) is 0 Å². The molecule has 9 aromatic carbocycles. The Morgan fingerprint density at radius 2 is 0.938 bits per heavy atom. The number of hydrogen-bond acceptors (Lipinski definition) is 1. The van der Waals surface area contributed by atoms with E-state index in [9.17, 15) is 0 Å². The monoisotopic (exact) mass is 815 g/mol. The second kappa shape index (κ2) is 13.4. The van der Waals surface area contributed by atoms with Crippen LogP contribution in [0.1, 0.15) is 33.7 Å². The van der Waals surface area contributed by atoms with Crippen molar-refractivity contribution in [1.29, 1.82) is 0 Å². The van der Waals surface area contributed by atoms with Crippen LogP contribution in [0.3, 0.4) is 0 Å². The third-order valence-corrected chi connectivity index (χ3v) is 14.5. The number of nitrogens with zero attached hydrogens (tertiary/aromatic N) is 3. The minimum absolute atomic E-state index is 0.0637. The number of rotatable bonds is 5. The van der Waals surface area contributed by atoms with Gasteiger partial charge >= 0.3 is 0 Å². The lowest BCUT2D eigenvalue weighted by Gasteiger charge is -2.34. The fourth-order valence-corrected chi connectivity index (χ4v) is 12.0. The first-order valence-corrected chi connectivity index (χ1v) is 22.4. The van der Waals surface area contributed by atoms with E-state index in [0.717, 1.165) is 5.69 Å². The van der Waals surface area contributed by atoms with E-state index in [0.29, 0.717) is 0 Å². The van der Waals surface area contributed by atoms with Gasteiger partial charge in [0.2, 0.25) is 0 Å². The van der Waals surface area contributed by atoms with Crippen LogP contribution in [0.15, 0.2) is 224 Å². The van der Waals surface area contributed by atoms with Crippen LogP contribution in [0.4, 0.5) is 11.4 Å². The summed E-state index contributed by atoms with van der Waals surface area (Å²) < 4.78 is 4.96. The van der Waals surface area contributed by atoms with E-state index < -0.39 is 5.41 Å². The summed E-state index contributed by atoms with van der Waals surface area (Å²) in [5.41, 5.74) is 17.1. The Hall–Kier alpha value is -8.14. The first-order valence-electron chi connectivity index (χ1n) is 22.4. The number of benzene rings is 9. The summed E-state index contributed by atoms with van der Waals surface area (Å²) in [6, 6.07) is 83.3. The SMILES string of the molecule is C1=c2c(n(-c3ccccc3)c3ccc(C4(c5ccccc5)c5ccccc5-c5ccccc54)cc23)=CC2C1c1cc(-n3c4ccccc4c4ccccc43)ccc1N2c1ccccc1. The average Bonchev–Trinajstić information content (AvgIpc) is 4.07. The number of aromatic nitrogens is 2. The highest BCUT2D eigenvalue weighted by Crippen LogP contribution is 2.56. The lowest BCUT2D eigenvalue weighted by atomic mass is 9.67. The molecule has 3 heteroatoms. The van der Waals surface area contributed by atoms with Crippen molar-refractivity contribution in [2.75, 3.05) is 4.90 Å². The van der Waals surface area contributed by atoms with Crippen LogP contribution in [0.2, 0.25) is 0 Å². The Morgan fingerprint density at radius 1 is 0.375 bits per heavy atom.